The molecule has 0 aliphatic rings. The molecule has 0 fully saturated rings. The van der Waals surface area contributed by atoms with Gasteiger partial charge in [0.25, 0.3) is 0 Å². The number of benzene rings is 1. The van der Waals surface area contributed by atoms with E-state index in [0.29, 0.717) is 5.82 Å². The summed E-state index contributed by atoms with van der Waals surface area (Å²) in [7, 11) is 3.93. The van der Waals surface area contributed by atoms with Crippen molar-refractivity contribution in [2.45, 2.75) is 6.42 Å². The summed E-state index contributed by atoms with van der Waals surface area (Å²) in [6.45, 7) is 0.826. The Morgan fingerprint density at radius 2 is 2.05 bits per heavy atom. The predicted molar refractivity (Wildman–Crippen MR) is 78.3 cm³/mol. The standard InChI is InChI=1S/C14H17F2N5/c1-21(2)6-5-9-8-18-14(20-13(9)17)19-12-4-3-10(15)7-11(12)16/h3-4,7-8H,5-6H2,1-2H3,(H3,17,18,19,20). The fraction of sp³-hybridized carbons (Fsp3) is 0.286. The van der Waals surface area contributed by atoms with Crippen molar-refractivity contribution in [2.24, 2.45) is 0 Å². The van der Waals surface area contributed by atoms with Crippen molar-refractivity contribution in [3.63, 3.8) is 0 Å². The maximum Gasteiger partial charge on any atom is 0.229 e. The van der Waals surface area contributed by atoms with Crippen LogP contribution in [0.15, 0.2) is 24.4 Å². The highest BCUT2D eigenvalue weighted by molar-refractivity contribution is 5.56. The van der Waals surface area contributed by atoms with Crippen LogP contribution in [0.3, 0.4) is 0 Å². The fourth-order valence-corrected chi connectivity index (χ4v) is 1.73. The first-order chi connectivity index (χ1) is 9.95. The molecule has 0 radical (unpaired) electrons. The molecule has 0 unspecified atom stereocenters. The van der Waals surface area contributed by atoms with Gasteiger partial charge in [0.15, 0.2) is 0 Å². The molecule has 0 aliphatic carbocycles. The molecule has 112 valence electrons. The molecule has 1 aromatic heterocycles. The third-order valence-electron chi connectivity index (χ3n) is 2.90. The van der Waals surface area contributed by atoms with Crippen LogP contribution in [0.25, 0.3) is 0 Å². The SMILES string of the molecule is CN(C)CCc1cnc(Nc2ccc(F)cc2F)nc1N. The molecule has 2 rings (SSSR count). The van der Waals surface area contributed by atoms with Gasteiger partial charge in [0.05, 0.1) is 5.69 Å². The summed E-state index contributed by atoms with van der Waals surface area (Å²) >= 11 is 0. The molecule has 0 spiro atoms. The lowest BCUT2D eigenvalue weighted by atomic mass is 10.2. The lowest BCUT2D eigenvalue weighted by molar-refractivity contribution is 0.413. The molecule has 7 heteroatoms. The highest BCUT2D eigenvalue weighted by Crippen LogP contribution is 2.19. The van der Waals surface area contributed by atoms with Crippen LogP contribution < -0.4 is 11.1 Å². The van der Waals surface area contributed by atoms with Crippen LogP contribution in [0, 0.1) is 11.6 Å². The van der Waals surface area contributed by atoms with E-state index in [1.807, 2.05) is 19.0 Å². The molecule has 0 saturated heterocycles. The van der Waals surface area contributed by atoms with Gasteiger partial charge in [0, 0.05) is 24.4 Å². The molecule has 1 aromatic carbocycles. The highest BCUT2D eigenvalue weighted by Gasteiger charge is 2.08. The van der Waals surface area contributed by atoms with E-state index in [0.717, 1.165) is 30.7 Å². The zero-order valence-electron chi connectivity index (χ0n) is 11.9. The molecule has 1 heterocycles. The Labute approximate surface area is 121 Å². The Bertz CT molecular complexity index is 631. The van der Waals surface area contributed by atoms with Gasteiger partial charge in [-0.05, 0) is 32.6 Å². The Morgan fingerprint density at radius 3 is 2.67 bits per heavy atom. The van der Waals surface area contributed by atoms with Gasteiger partial charge in [-0.15, -0.1) is 0 Å². The van der Waals surface area contributed by atoms with Gasteiger partial charge < -0.3 is 16.0 Å². The summed E-state index contributed by atoms with van der Waals surface area (Å²) in [4.78, 5) is 10.2. The second kappa shape index (κ2) is 6.45. The maximum absolute atomic E-state index is 13.5. The van der Waals surface area contributed by atoms with Crippen molar-refractivity contribution in [1.82, 2.24) is 14.9 Å². The molecule has 3 N–H and O–H groups in total. The molecule has 0 bridgehead atoms. The van der Waals surface area contributed by atoms with Crippen molar-refractivity contribution in [3.05, 3.63) is 41.6 Å². The number of anilines is 3. The summed E-state index contributed by atoms with van der Waals surface area (Å²) < 4.78 is 26.4. The van der Waals surface area contributed by atoms with Gasteiger partial charge in [-0.3, -0.25) is 0 Å². The Morgan fingerprint density at radius 1 is 1.29 bits per heavy atom. The van der Waals surface area contributed by atoms with E-state index in [-0.39, 0.29) is 11.6 Å². The number of hydrogen-bond donors (Lipinski definition) is 2. The zero-order valence-corrected chi connectivity index (χ0v) is 11.9. The number of nitrogens with two attached hydrogens (primary N) is 1. The average Bonchev–Trinajstić information content (AvgIpc) is 2.41. The lowest BCUT2D eigenvalue weighted by Crippen LogP contribution is -2.16. The first-order valence-electron chi connectivity index (χ1n) is 6.44. The van der Waals surface area contributed by atoms with E-state index in [1.54, 1.807) is 6.20 Å². The van der Waals surface area contributed by atoms with Crippen LogP contribution in [0.2, 0.25) is 0 Å². The smallest absolute Gasteiger partial charge is 0.229 e. The Hall–Kier alpha value is -2.28. The van der Waals surface area contributed by atoms with Gasteiger partial charge in [0.2, 0.25) is 5.95 Å². The van der Waals surface area contributed by atoms with E-state index in [9.17, 15) is 8.78 Å². The topological polar surface area (TPSA) is 67.1 Å². The van der Waals surface area contributed by atoms with Crippen molar-refractivity contribution in [1.29, 1.82) is 0 Å². The van der Waals surface area contributed by atoms with Gasteiger partial charge >= 0.3 is 0 Å². The number of hydrogen-bond acceptors (Lipinski definition) is 5. The van der Waals surface area contributed by atoms with Crippen molar-refractivity contribution in [3.8, 4) is 0 Å². The predicted octanol–water partition coefficient (Wildman–Crippen LogP) is 2.18. The molecule has 2 aromatic rings. The minimum atomic E-state index is -0.714. The molecule has 0 aliphatic heterocycles. The second-order valence-corrected chi connectivity index (χ2v) is 4.91. The molecule has 5 nitrogen and oxygen atoms in total. The van der Waals surface area contributed by atoms with Gasteiger partial charge in [-0.2, -0.15) is 4.98 Å². The van der Waals surface area contributed by atoms with Crippen LogP contribution >= 0.6 is 0 Å². The van der Waals surface area contributed by atoms with E-state index in [2.05, 4.69) is 15.3 Å². The van der Waals surface area contributed by atoms with Gasteiger partial charge in [-0.25, -0.2) is 13.8 Å². The number of aromatic nitrogens is 2. The number of nitrogen functional groups attached to an aromatic ring is 1. The minimum Gasteiger partial charge on any atom is -0.383 e. The number of rotatable bonds is 5. The Kier molecular flexibility index (Phi) is 4.64. The van der Waals surface area contributed by atoms with Crippen LogP contribution in [0.1, 0.15) is 5.56 Å². The van der Waals surface area contributed by atoms with Crippen molar-refractivity contribution >= 4 is 17.5 Å². The molecule has 0 atom stereocenters. The Balaban J connectivity index is 2.12. The average molecular weight is 293 g/mol. The summed E-state index contributed by atoms with van der Waals surface area (Å²) in [5.41, 5.74) is 6.78. The van der Waals surface area contributed by atoms with Crippen LogP contribution in [-0.2, 0) is 6.42 Å². The molecular weight excluding hydrogens is 276 g/mol. The third kappa shape index (κ3) is 4.09. The second-order valence-electron chi connectivity index (χ2n) is 4.91. The minimum absolute atomic E-state index is 0.0943. The summed E-state index contributed by atoms with van der Waals surface area (Å²) in [6.07, 6.45) is 2.33. The first-order valence-corrected chi connectivity index (χ1v) is 6.44. The number of likely N-dealkylation sites (N-methyl/N-ethyl adjacent to an activating group) is 1. The number of nitrogens with zero attached hydrogens (tertiary/aromatic N) is 3. The largest absolute Gasteiger partial charge is 0.383 e. The monoisotopic (exact) mass is 293 g/mol. The molecule has 0 saturated carbocycles. The van der Waals surface area contributed by atoms with E-state index >= 15 is 0 Å². The molecule has 0 amide bonds. The quantitative estimate of drug-likeness (QED) is 0.884. The lowest BCUT2D eigenvalue weighted by Gasteiger charge is -2.11. The maximum atomic E-state index is 13.5. The normalized spacial score (nSPS) is 10.9. The summed E-state index contributed by atoms with van der Waals surface area (Å²) in [6, 6.07) is 3.22. The van der Waals surface area contributed by atoms with E-state index in [4.69, 9.17) is 5.73 Å². The van der Waals surface area contributed by atoms with Gasteiger partial charge in [0.1, 0.15) is 17.5 Å². The van der Waals surface area contributed by atoms with Crippen LogP contribution in [-0.4, -0.2) is 35.5 Å². The number of halogens is 2. The van der Waals surface area contributed by atoms with Crippen LogP contribution in [0.4, 0.5) is 26.2 Å². The first kappa shape index (κ1) is 15.1. The van der Waals surface area contributed by atoms with Gasteiger partial charge in [-0.1, -0.05) is 0 Å². The van der Waals surface area contributed by atoms with E-state index < -0.39 is 11.6 Å². The van der Waals surface area contributed by atoms with E-state index in [1.165, 1.54) is 6.07 Å². The van der Waals surface area contributed by atoms with Crippen molar-refractivity contribution < 1.29 is 8.78 Å². The highest BCUT2D eigenvalue weighted by atomic mass is 19.1. The van der Waals surface area contributed by atoms with Crippen molar-refractivity contribution in [2.75, 3.05) is 31.7 Å². The fourth-order valence-electron chi connectivity index (χ4n) is 1.73. The summed E-state index contributed by atoms with van der Waals surface area (Å²) in [5.74, 6) is -0.838. The molecule has 21 heavy (non-hydrogen) atoms. The van der Waals surface area contributed by atoms with Crippen LogP contribution in [0.5, 0.6) is 0 Å². The third-order valence-corrected chi connectivity index (χ3v) is 2.90. The molecular formula is C14H17F2N5. The number of nitrogens with one attached hydrogen (secondary N) is 1. The summed E-state index contributed by atoms with van der Waals surface area (Å²) in [5, 5.41) is 2.68. The zero-order chi connectivity index (χ0) is 15.4.